The summed E-state index contributed by atoms with van der Waals surface area (Å²) in [5, 5.41) is 2.11. The molecule has 2 rings (SSSR count). The van der Waals surface area contributed by atoms with Crippen molar-refractivity contribution >= 4 is 11.3 Å². The molecule has 0 aliphatic rings. The number of hydrogen-bond acceptors (Lipinski definition) is 3. The van der Waals surface area contributed by atoms with Gasteiger partial charge in [0.1, 0.15) is 0 Å². The van der Waals surface area contributed by atoms with Gasteiger partial charge in [-0.3, -0.25) is 11.3 Å². The van der Waals surface area contributed by atoms with Crippen molar-refractivity contribution in [1.29, 1.82) is 0 Å². The molecule has 2 aromatic rings. The van der Waals surface area contributed by atoms with Gasteiger partial charge in [-0.15, -0.1) is 11.3 Å². The van der Waals surface area contributed by atoms with E-state index < -0.39 is 0 Å². The van der Waals surface area contributed by atoms with Crippen molar-refractivity contribution in [2.75, 3.05) is 0 Å². The van der Waals surface area contributed by atoms with Crippen molar-refractivity contribution in [3.8, 4) is 0 Å². The predicted molar refractivity (Wildman–Crippen MR) is 78.7 cm³/mol. The lowest BCUT2D eigenvalue weighted by atomic mass is 10.0. The van der Waals surface area contributed by atoms with Gasteiger partial charge in [0.05, 0.1) is 0 Å². The molecule has 2 nitrogen and oxygen atoms in total. The summed E-state index contributed by atoms with van der Waals surface area (Å²) in [5.41, 5.74) is 5.65. The minimum atomic E-state index is 0.302. The molecule has 0 fully saturated rings. The summed E-state index contributed by atoms with van der Waals surface area (Å²) in [6.45, 7) is 2.18. The number of hydrogen-bond donors (Lipinski definition) is 2. The van der Waals surface area contributed by atoms with Gasteiger partial charge >= 0.3 is 0 Å². The van der Waals surface area contributed by atoms with Gasteiger partial charge in [-0.2, -0.15) is 0 Å². The molecule has 3 N–H and O–H groups in total. The Morgan fingerprint density at radius 2 is 1.83 bits per heavy atom. The standard InChI is InChI=1S/C15H20N2S/c1-2-12-5-7-13(8-6-12)10-14(17-16)11-15-4-3-9-18-15/h3-9,14,17H,2,10-11,16H2,1H3. The molecular formula is C15H20N2S. The predicted octanol–water partition coefficient (Wildman–Crippen LogP) is 2.93. The zero-order valence-corrected chi connectivity index (χ0v) is 11.5. The van der Waals surface area contributed by atoms with Crippen LogP contribution in [0.1, 0.15) is 22.9 Å². The molecule has 1 unspecified atom stereocenters. The first-order valence-corrected chi connectivity index (χ1v) is 7.26. The van der Waals surface area contributed by atoms with Crippen LogP contribution in [0.5, 0.6) is 0 Å². The normalized spacial score (nSPS) is 12.6. The first-order chi connectivity index (χ1) is 8.81. The molecule has 1 heterocycles. The first-order valence-electron chi connectivity index (χ1n) is 6.38. The lowest BCUT2D eigenvalue weighted by Gasteiger charge is -2.15. The fourth-order valence-corrected chi connectivity index (χ4v) is 2.84. The molecule has 1 atom stereocenters. The second kappa shape index (κ2) is 6.69. The Kier molecular flexibility index (Phi) is 4.93. The molecule has 3 heteroatoms. The highest BCUT2D eigenvalue weighted by Crippen LogP contribution is 2.14. The summed E-state index contributed by atoms with van der Waals surface area (Å²) in [6, 6.07) is 13.4. The lowest BCUT2D eigenvalue weighted by Crippen LogP contribution is -2.38. The van der Waals surface area contributed by atoms with Gasteiger partial charge in [0.25, 0.3) is 0 Å². The highest BCUT2D eigenvalue weighted by molar-refractivity contribution is 7.09. The minimum Gasteiger partial charge on any atom is -0.271 e. The quantitative estimate of drug-likeness (QED) is 0.619. The van der Waals surface area contributed by atoms with E-state index in [1.54, 1.807) is 11.3 Å². The van der Waals surface area contributed by atoms with Gasteiger partial charge in [0, 0.05) is 10.9 Å². The number of benzene rings is 1. The molecule has 0 bridgehead atoms. The number of hydrazine groups is 1. The summed E-state index contributed by atoms with van der Waals surface area (Å²) in [4.78, 5) is 1.38. The second-order valence-corrected chi connectivity index (χ2v) is 5.55. The average molecular weight is 260 g/mol. The summed E-state index contributed by atoms with van der Waals surface area (Å²) in [7, 11) is 0. The van der Waals surface area contributed by atoms with Gasteiger partial charge < -0.3 is 0 Å². The third-order valence-corrected chi connectivity index (χ3v) is 4.08. The Bertz CT molecular complexity index is 448. The molecule has 0 saturated carbocycles. The molecule has 18 heavy (non-hydrogen) atoms. The van der Waals surface area contributed by atoms with Crippen LogP contribution in [0.3, 0.4) is 0 Å². The summed E-state index contributed by atoms with van der Waals surface area (Å²) in [5.74, 6) is 5.65. The zero-order chi connectivity index (χ0) is 12.8. The lowest BCUT2D eigenvalue weighted by molar-refractivity contribution is 0.525. The third-order valence-electron chi connectivity index (χ3n) is 3.18. The Labute approximate surface area is 113 Å². The molecule has 96 valence electrons. The van der Waals surface area contributed by atoms with Crippen LogP contribution < -0.4 is 11.3 Å². The van der Waals surface area contributed by atoms with Gasteiger partial charge in [-0.05, 0) is 41.8 Å². The van der Waals surface area contributed by atoms with Crippen molar-refractivity contribution in [1.82, 2.24) is 5.43 Å². The second-order valence-electron chi connectivity index (χ2n) is 4.52. The van der Waals surface area contributed by atoms with Crippen molar-refractivity contribution in [2.24, 2.45) is 5.84 Å². The van der Waals surface area contributed by atoms with E-state index in [-0.39, 0.29) is 0 Å². The third kappa shape index (κ3) is 3.67. The average Bonchev–Trinajstić information content (AvgIpc) is 2.91. The molecule has 0 spiro atoms. The fraction of sp³-hybridized carbons (Fsp3) is 0.333. The molecule has 0 amide bonds. The van der Waals surface area contributed by atoms with E-state index >= 15 is 0 Å². The smallest absolute Gasteiger partial charge is 0.0299 e. The number of thiophene rings is 1. The van der Waals surface area contributed by atoms with E-state index in [2.05, 4.69) is 54.1 Å². The van der Waals surface area contributed by atoms with E-state index in [4.69, 9.17) is 5.84 Å². The minimum absolute atomic E-state index is 0.302. The molecule has 1 aromatic heterocycles. The maximum absolute atomic E-state index is 5.65. The summed E-state index contributed by atoms with van der Waals surface area (Å²) < 4.78 is 0. The van der Waals surface area contributed by atoms with Crippen LogP contribution in [-0.2, 0) is 19.3 Å². The maximum Gasteiger partial charge on any atom is 0.0299 e. The van der Waals surface area contributed by atoms with Crippen LogP contribution in [0.4, 0.5) is 0 Å². The SMILES string of the molecule is CCc1ccc(CC(Cc2cccs2)NN)cc1. The van der Waals surface area contributed by atoms with Crippen LogP contribution in [0, 0.1) is 0 Å². The topological polar surface area (TPSA) is 38.0 Å². The fourth-order valence-electron chi connectivity index (χ4n) is 2.06. The molecule has 0 radical (unpaired) electrons. The van der Waals surface area contributed by atoms with Gasteiger partial charge in [-0.25, -0.2) is 0 Å². The highest BCUT2D eigenvalue weighted by atomic mass is 32.1. The van der Waals surface area contributed by atoms with Crippen LogP contribution >= 0.6 is 11.3 Å². The van der Waals surface area contributed by atoms with Crippen molar-refractivity contribution in [3.63, 3.8) is 0 Å². The van der Waals surface area contributed by atoms with Crippen LogP contribution in [0.2, 0.25) is 0 Å². The van der Waals surface area contributed by atoms with E-state index in [9.17, 15) is 0 Å². The Hall–Kier alpha value is -1.16. The van der Waals surface area contributed by atoms with Crippen LogP contribution in [-0.4, -0.2) is 6.04 Å². The van der Waals surface area contributed by atoms with Gasteiger partial charge in [-0.1, -0.05) is 37.3 Å². The van der Waals surface area contributed by atoms with Crippen molar-refractivity contribution in [2.45, 2.75) is 32.2 Å². The van der Waals surface area contributed by atoms with Crippen LogP contribution in [0.15, 0.2) is 41.8 Å². The monoisotopic (exact) mass is 260 g/mol. The molecule has 0 saturated heterocycles. The van der Waals surface area contributed by atoms with Crippen molar-refractivity contribution in [3.05, 3.63) is 57.8 Å². The number of rotatable bonds is 6. The Morgan fingerprint density at radius 1 is 1.11 bits per heavy atom. The Morgan fingerprint density at radius 3 is 2.39 bits per heavy atom. The van der Waals surface area contributed by atoms with Gasteiger partial charge in [0.15, 0.2) is 0 Å². The maximum atomic E-state index is 5.65. The summed E-state index contributed by atoms with van der Waals surface area (Å²) >= 11 is 1.79. The molecule has 0 aliphatic carbocycles. The summed E-state index contributed by atoms with van der Waals surface area (Å²) in [6.07, 6.45) is 3.05. The van der Waals surface area contributed by atoms with Crippen molar-refractivity contribution < 1.29 is 0 Å². The van der Waals surface area contributed by atoms with Crippen LogP contribution in [0.25, 0.3) is 0 Å². The number of nitrogens with two attached hydrogens (primary N) is 1. The number of nitrogens with one attached hydrogen (secondary N) is 1. The van der Waals surface area contributed by atoms with E-state index in [1.807, 2.05) is 0 Å². The highest BCUT2D eigenvalue weighted by Gasteiger charge is 2.09. The Balaban J connectivity index is 1.96. The van der Waals surface area contributed by atoms with Gasteiger partial charge in [0.2, 0.25) is 0 Å². The molecule has 1 aromatic carbocycles. The molecule has 0 aliphatic heterocycles. The molecular weight excluding hydrogens is 240 g/mol. The largest absolute Gasteiger partial charge is 0.271 e. The first kappa shape index (κ1) is 13.3. The van der Waals surface area contributed by atoms with E-state index in [0.29, 0.717) is 6.04 Å². The van der Waals surface area contributed by atoms with E-state index in [1.165, 1.54) is 16.0 Å². The zero-order valence-electron chi connectivity index (χ0n) is 10.7. The number of aryl methyl sites for hydroxylation is 1. The van der Waals surface area contributed by atoms with E-state index in [0.717, 1.165) is 19.3 Å².